The van der Waals surface area contributed by atoms with E-state index in [9.17, 15) is 14.7 Å². The second-order valence-corrected chi connectivity index (χ2v) is 11.6. The van der Waals surface area contributed by atoms with E-state index in [1.165, 1.54) is 6.21 Å². The summed E-state index contributed by atoms with van der Waals surface area (Å²) in [6, 6.07) is 24.6. The van der Waals surface area contributed by atoms with Crippen LogP contribution in [0.5, 0.6) is 5.75 Å². The molecular formula is C34H32N12O3S2. The maximum absolute atomic E-state index is 12.0. The van der Waals surface area contributed by atoms with Crippen molar-refractivity contribution in [2.45, 2.75) is 20.9 Å². The zero-order chi connectivity index (χ0) is 34.7. The molecule has 3 aromatic heterocycles. The molecule has 0 atom stereocenters. The number of aryl methyl sites for hydroxylation is 1. The van der Waals surface area contributed by atoms with E-state index >= 15 is 0 Å². The molecule has 258 valence electrons. The number of phenols is 1. The number of urea groups is 2. The summed E-state index contributed by atoms with van der Waals surface area (Å²) in [5.41, 5.74) is 12.4. The Kier molecular flexibility index (Phi) is 12.0. The maximum Gasteiger partial charge on any atom is 0.339 e. The van der Waals surface area contributed by atoms with Gasteiger partial charge >= 0.3 is 12.1 Å². The molecule has 0 radical (unpaired) electrons. The zero-order valence-corrected chi connectivity index (χ0v) is 27.9. The monoisotopic (exact) mass is 720 g/mol. The van der Waals surface area contributed by atoms with Gasteiger partial charge in [0.1, 0.15) is 27.8 Å². The number of benzene rings is 4. The minimum atomic E-state index is -0.487. The summed E-state index contributed by atoms with van der Waals surface area (Å²) >= 11 is 2.19. The summed E-state index contributed by atoms with van der Waals surface area (Å²) in [5, 5.41) is 26.9. The third kappa shape index (κ3) is 9.97. The number of aromatic nitrogens is 6. The molecule has 4 amide bonds. The van der Waals surface area contributed by atoms with Crippen molar-refractivity contribution in [3.63, 3.8) is 0 Å². The molecular weight excluding hydrogens is 689 g/mol. The lowest BCUT2D eigenvalue weighted by molar-refractivity contribution is 0.252. The minimum absolute atomic E-state index is 0. The number of carbonyl (C=O) groups excluding carboxylic acids is 2. The van der Waals surface area contributed by atoms with Crippen molar-refractivity contribution in [1.29, 1.82) is 0 Å². The first-order valence-corrected chi connectivity index (χ1v) is 16.4. The average molecular weight is 721 g/mol. The molecule has 0 unspecified atom stereocenters. The van der Waals surface area contributed by atoms with Crippen LogP contribution in [0, 0.1) is 6.92 Å². The van der Waals surface area contributed by atoms with Crippen molar-refractivity contribution < 1.29 is 14.7 Å². The Bertz CT molecular complexity index is 2260. The molecule has 0 aliphatic carbocycles. The Labute approximate surface area is 300 Å². The summed E-state index contributed by atoms with van der Waals surface area (Å²) < 4.78 is 18.4. The van der Waals surface area contributed by atoms with Gasteiger partial charge in [0, 0.05) is 12.4 Å². The normalized spacial score (nSPS) is 10.8. The van der Waals surface area contributed by atoms with E-state index in [2.05, 4.69) is 54.3 Å². The number of nitrogens with one attached hydrogen (secondary N) is 4. The lowest BCUT2D eigenvalue weighted by Gasteiger charge is -2.04. The fourth-order valence-electron chi connectivity index (χ4n) is 4.60. The van der Waals surface area contributed by atoms with Gasteiger partial charge in [0.2, 0.25) is 0 Å². The first-order valence-electron chi connectivity index (χ1n) is 14.9. The molecule has 0 saturated carbocycles. The highest BCUT2D eigenvalue weighted by Crippen LogP contribution is 2.22. The molecule has 3 heterocycles. The smallest absolute Gasteiger partial charge is 0.339 e. The lowest BCUT2D eigenvalue weighted by Crippen LogP contribution is -2.24. The molecule has 0 saturated heterocycles. The first-order chi connectivity index (χ1) is 24.4. The van der Waals surface area contributed by atoms with Gasteiger partial charge < -0.3 is 15.7 Å². The summed E-state index contributed by atoms with van der Waals surface area (Å²) in [7, 11) is 0. The van der Waals surface area contributed by atoms with Gasteiger partial charge in [0.05, 0.1) is 53.8 Å². The second kappa shape index (κ2) is 17.2. The molecule has 0 bridgehead atoms. The standard InChI is InChI=1S/C18H15N7OS.C15H13N5O2S.CH4/c26-18(21-15-3-1-4-16-17(15)24-27-23-16)22-19-11-13-5-7-14(8-6-13)12-25-10-2-9-20-25;1-9-5-10(7-11(21)6-9)8-16-18-15(22)17-12-3-2-4-13-14(12)20-23-19-13;/h1-11H,12H2,(H2,21,22,26);2-8,21H,1H3,(H2,17,18,22);1H4/b19-11+;16-8+;. The van der Waals surface area contributed by atoms with Crippen LogP contribution in [0.2, 0.25) is 0 Å². The molecule has 0 aliphatic heterocycles. The Morgan fingerprint density at radius 3 is 1.90 bits per heavy atom. The Hall–Kier alpha value is -6.59. The lowest BCUT2D eigenvalue weighted by atomic mass is 10.1. The second-order valence-electron chi connectivity index (χ2n) is 10.6. The summed E-state index contributed by atoms with van der Waals surface area (Å²) in [6.07, 6.45) is 6.71. The van der Waals surface area contributed by atoms with E-state index < -0.39 is 12.1 Å². The van der Waals surface area contributed by atoms with Crippen LogP contribution >= 0.6 is 23.5 Å². The maximum atomic E-state index is 12.0. The fourth-order valence-corrected chi connectivity index (χ4v) is 5.70. The van der Waals surface area contributed by atoms with Gasteiger partial charge in [-0.25, -0.2) is 20.4 Å². The molecule has 0 fully saturated rings. The number of amides is 4. The molecule has 17 heteroatoms. The van der Waals surface area contributed by atoms with Crippen molar-refractivity contribution >= 4 is 81.4 Å². The van der Waals surface area contributed by atoms with Crippen LogP contribution in [-0.4, -0.2) is 56.9 Å². The van der Waals surface area contributed by atoms with Gasteiger partial charge in [-0.05, 0) is 71.6 Å². The van der Waals surface area contributed by atoms with Crippen LogP contribution < -0.4 is 21.5 Å². The van der Waals surface area contributed by atoms with Gasteiger partial charge in [-0.15, -0.1) is 0 Å². The number of aromatic hydroxyl groups is 1. The third-order valence-corrected chi connectivity index (χ3v) is 7.88. The van der Waals surface area contributed by atoms with Crippen molar-refractivity contribution in [2.75, 3.05) is 10.6 Å². The molecule has 0 spiro atoms. The summed E-state index contributed by atoms with van der Waals surface area (Å²) in [5.74, 6) is 0.151. The largest absolute Gasteiger partial charge is 0.508 e. The van der Waals surface area contributed by atoms with Crippen LogP contribution in [0.15, 0.2) is 108 Å². The van der Waals surface area contributed by atoms with Gasteiger partial charge in [-0.2, -0.15) is 32.8 Å². The van der Waals surface area contributed by atoms with Crippen LogP contribution in [0.4, 0.5) is 21.0 Å². The van der Waals surface area contributed by atoms with Crippen molar-refractivity contribution in [3.8, 4) is 5.75 Å². The van der Waals surface area contributed by atoms with Crippen molar-refractivity contribution in [2.24, 2.45) is 10.2 Å². The predicted octanol–water partition coefficient (Wildman–Crippen LogP) is 6.59. The van der Waals surface area contributed by atoms with E-state index in [4.69, 9.17) is 0 Å². The molecule has 15 nitrogen and oxygen atoms in total. The number of fused-ring (bicyclic) bond motifs is 2. The average Bonchev–Trinajstić information content (AvgIpc) is 3.89. The zero-order valence-electron chi connectivity index (χ0n) is 26.3. The molecule has 5 N–H and O–H groups in total. The van der Waals surface area contributed by atoms with Crippen LogP contribution in [0.1, 0.15) is 29.7 Å². The number of nitrogens with zero attached hydrogens (tertiary/aromatic N) is 8. The fraction of sp³-hybridized carbons (Fsp3) is 0.0882. The van der Waals surface area contributed by atoms with Crippen LogP contribution in [-0.2, 0) is 6.54 Å². The van der Waals surface area contributed by atoms with Gasteiger partial charge in [-0.3, -0.25) is 4.68 Å². The summed E-state index contributed by atoms with van der Waals surface area (Å²) in [6.45, 7) is 2.57. The first kappa shape index (κ1) is 35.7. The van der Waals surface area contributed by atoms with Crippen molar-refractivity contribution in [3.05, 3.63) is 120 Å². The van der Waals surface area contributed by atoms with Crippen molar-refractivity contribution in [1.82, 2.24) is 38.1 Å². The number of hydrogen-bond acceptors (Lipinski definition) is 12. The highest BCUT2D eigenvalue weighted by Gasteiger charge is 2.09. The quantitative estimate of drug-likeness (QED) is 0.0856. The number of carbonyl (C=O) groups is 2. The molecule has 4 aromatic carbocycles. The number of rotatable bonds is 8. The number of hydrazone groups is 2. The van der Waals surface area contributed by atoms with E-state index in [1.54, 1.807) is 42.7 Å². The Morgan fingerprint density at radius 2 is 1.35 bits per heavy atom. The summed E-state index contributed by atoms with van der Waals surface area (Å²) in [4.78, 5) is 23.9. The Balaban J connectivity index is 0.000000196. The minimum Gasteiger partial charge on any atom is -0.508 e. The van der Waals surface area contributed by atoms with Gasteiger partial charge in [0.25, 0.3) is 0 Å². The molecule has 0 aliphatic rings. The number of hydrogen-bond donors (Lipinski definition) is 5. The highest BCUT2D eigenvalue weighted by atomic mass is 32.1. The number of anilines is 2. The van der Waals surface area contributed by atoms with E-state index in [0.29, 0.717) is 34.5 Å². The van der Waals surface area contributed by atoms with E-state index in [0.717, 1.165) is 51.2 Å². The highest BCUT2D eigenvalue weighted by molar-refractivity contribution is 7.00. The SMILES string of the molecule is C.Cc1cc(O)cc(/C=N/NC(=O)Nc2cccc3nsnc23)c1.O=C(N/N=C/c1ccc(Cn2cccn2)cc1)Nc1cccc2nsnc12. The van der Waals surface area contributed by atoms with E-state index in [-0.39, 0.29) is 13.2 Å². The molecule has 7 aromatic rings. The molecule has 51 heavy (non-hydrogen) atoms. The van der Waals surface area contributed by atoms with Crippen LogP contribution in [0.25, 0.3) is 22.1 Å². The van der Waals surface area contributed by atoms with E-state index in [1.807, 2.05) is 72.4 Å². The number of phenolic OH excluding ortho intramolecular Hbond substituents is 1. The molecule has 7 rings (SSSR count). The Morgan fingerprint density at radius 1 is 0.765 bits per heavy atom. The topological polar surface area (TPSA) is 197 Å². The third-order valence-electron chi connectivity index (χ3n) is 6.80. The van der Waals surface area contributed by atoms with Gasteiger partial charge in [0.15, 0.2) is 0 Å². The predicted molar refractivity (Wildman–Crippen MR) is 202 cm³/mol. The van der Waals surface area contributed by atoms with Crippen LogP contribution in [0.3, 0.4) is 0 Å². The van der Waals surface area contributed by atoms with Gasteiger partial charge in [-0.1, -0.05) is 49.9 Å².